The Labute approximate surface area is 137 Å². The van der Waals surface area contributed by atoms with Crippen molar-refractivity contribution in [2.45, 2.75) is 63.8 Å². The van der Waals surface area contributed by atoms with Crippen LogP contribution in [0.25, 0.3) is 0 Å². The molecule has 124 valence electrons. The van der Waals surface area contributed by atoms with Crippen LogP contribution in [0, 0.1) is 12.3 Å². The minimum Gasteiger partial charge on any atom is -0.368 e. The second-order valence-electron chi connectivity index (χ2n) is 7.94. The van der Waals surface area contributed by atoms with Crippen molar-refractivity contribution in [3.05, 3.63) is 35.4 Å². The summed E-state index contributed by atoms with van der Waals surface area (Å²) in [6, 6.07) is 8.15. The maximum absolute atomic E-state index is 13.2. The molecule has 2 aliphatic rings. The molecule has 0 unspecified atom stereocenters. The average Bonchev–Trinajstić information content (AvgIpc) is 2.84. The number of nitrogens with one attached hydrogen (secondary N) is 1. The van der Waals surface area contributed by atoms with Gasteiger partial charge in [0.15, 0.2) is 0 Å². The first-order chi connectivity index (χ1) is 10.7. The van der Waals surface area contributed by atoms with E-state index in [9.17, 15) is 9.59 Å². The van der Waals surface area contributed by atoms with Crippen LogP contribution in [0.5, 0.6) is 0 Å². The van der Waals surface area contributed by atoms with E-state index in [1.165, 1.54) is 5.56 Å². The summed E-state index contributed by atoms with van der Waals surface area (Å²) in [6.07, 6.45) is 3.97. The summed E-state index contributed by atoms with van der Waals surface area (Å²) in [6.45, 7) is 6.26. The van der Waals surface area contributed by atoms with Gasteiger partial charge in [0.25, 0.3) is 0 Å². The monoisotopic (exact) mass is 314 g/mol. The number of carbonyl (C=O) groups is 2. The fraction of sp³-hybridized carbons (Fsp3) is 0.579. The number of aryl methyl sites for hydroxylation is 1. The maximum Gasteiger partial charge on any atom is 0.243 e. The van der Waals surface area contributed by atoms with Crippen molar-refractivity contribution in [1.82, 2.24) is 5.32 Å². The Balaban J connectivity index is 1.92. The third-order valence-corrected chi connectivity index (χ3v) is 5.95. The number of primary amides is 1. The summed E-state index contributed by atoms with van der Waals surface area (Å²) in [5.74, 6) is -0.451. The highest BCUT2D eigenvalue weighted by atomic mass is 16.2. The quantitative estimate of drug-likeness (QED) is 0.896. The number of nitrogens with two attached hydrogens (primary N) is 1. The van der Waals surface area contributed by atoms with E-state index in [1.807, 2.05) is 31.2 Å². The van der Waals surface area contributed by atoms with Crippen molar-refractivity contribution in [2.24, 2.45) is 11.1 Å². The lowest BCUT2D eigenvalue weighted by Crippen LogP contribution is -2.58. The molecule has 2 saturated carbocycles. The van der Waals surface area contributed by atoms with E-state index >= 15 is 0 Å². The Morgan fingerprint density at radius 2 is 1.61 bits per heavy atom. The number of carbonyl (C=O) groups excluding carboxylic acids is 2. The fourth-order valence-electron chi connectivity index (χ4n) is 4.20. The molecule has 1 aromatic carbocycles. The van der Waals surface area contributed by atoms with Gasteiger partial charge in [0.1, 0.15) is 5.54 Å². The second kappa shape index (κ2) is 5.08. The Kier molecular flexibility index (Phi) is 3.54. The van der Waals surface area contributed by atoms with Crippen LogP contribution in [-0.2, 0) is 15.0 Å². The van der Waals surface area contributed by atoms with Gasteiger partial charge in [0, 0.05) is 0 Å². The van der Waals surface area contributed by atoms with Crippen LogP contribution in [-0.4, -0.2) is 17.4 Å². The molecular weight excluding hydrogens is 288 g/mol. The van der Waals surface area contributed by atoms with Gasteiger partial charge in [-0.1, -0.05) is 56.5 Å². The molecule has 2 fully saturated rings. The Hall–Kier alpha value is -1.84. The highest BCUT2D eigenvalue weighted by molar-refractivity contribution is 5.98. The van der Waals surface area contributed by atoms with Gasteiger partial charge in [-0.25, -0.2) is 0 Å². The molecule has 0 radical (unpaired) electrons. The van der Waals surface area contributed by atoms with Crippen LogP contribution >= 0.6 is 0 Å². The van der Waals surface area contributed by atoms with Gasteiger partial charge in [-0.3, -0.25) is 9.59 Å². The van der Waals surface area contributed by atoms with Crippen LogP contribution in [0.4, 0.5) is 0 Å². The Bertz CT molecular complexity index is 642. The first-order valence-corrected chi connectivity index (χ1v) is 8.43. The molecule has 23 heavy (non-hydrogen) atoms. The van der Waals surface area contributed by atoms with Gasteiger partial charge in [0.2, 0.25) is 11.8 Å². The van der Waals surface area contributed by atoms with E-state index in [4.69, 9.17) is 5.73 Å². The van der Waals surface area contributed by atoms with Crippen molar-refractivity contribution in [3.63, 3.8) is 0 Å². The minimum atomic E-state index is -0.854. The zero-order valence-corrected chi connectivity index (χ0v) is 14.2. The summed E-state index contributed by atoms with van der Waals surface area (Å²) >= 11 is 0. The molecule has 3 rings (SSSR count). The Morgan fingerprint density at radius 1 is 1.09 bits per heavy atom. The van der Waals surface area contributed by atoms with E-state index < -0.39 is 16.9 Å². The standard InChI is InChI=1S/C19H26N2O2/c1-13-6-8-14(9-7-13)19(12-17(19,2)3)16(23)21-18(15(20)22)10-4-5-11-18/h6-9H,4-5,10-12H2,1-3H3,(H2,20,22)(H,21,23)/t19-/m0/s1. The number of amides is 2. The molecule has 0 saturated heterocycles. The topological polar surface area (TPSA) is 72.2 Å². The second-order valence-corrected chi connectivity index (χ2v) is 7.94. The average molecular weight is 314 g/mol. The van der Waals surface area contributed by atoms with Crippen LogP contribution in [0.3, 0.4) is 0 Å². The predicted molar refractivity (Wildman–Crippen MR) is 89.8 cm³/mol. The smallest absolute Gasteiger partial charge is 0.243 e. The molecule has 2 aliphatic carbocycles. The van der Waals surface area contributed by atoms with Gasteiger partial charge in [-0.2, -0.15) is 0 Å². The van der Waals surface area contributed by atoms with Crippen molar-refractivity contribution in [3.8, 4) is 0 Å². The van der Waals surface area contributed by atoms with E-state index in [0.717, 1.165) is 24.8 Å². The van der Waals surface area contributed by atoms with E-state index in [1.54, 1.807) is 0 Å². The first kappa shape index (κ1) is 16.0. The normalized spacial score (nSPS) is 27.4. The molecule has 0 spiro atoms. The van der Waals surface area contributed by atoms with Crippen LogP contribution in [0.2, 0.25) is 0 Å². The third-order valence-electron chi connectivity index (χ3n) is 5.95. The van der Waals surface area contributed by atoms with Crippen LogP contribution in [0.1, 0.15) is 57.1 Å². The lowest BCUT2D eigenvalue weighted by Gasteiger charge is -2.30. The highest BCUT2D eigenvalue weighted by Crippen LogP contribution is 2.64. The number of hydrogen-bond donors (Lipinski definition) is 2. The molecule has 0 bridgehead atoms. The van der Waals surface area contributed by atoms with Crippen molar-refractivity contribution < 1.29 is 9.59 Å². The van der Waals surface area contributed by atoms with Gasteiger partial charge in [-0.05, 0) is 37.2 Å². The molecule has 1 atom stereocenters. The predicted octanol–water partition coefficient (Wildman–Crippen LogP) is 2.58. The molecule has 0 aromatic heterocycles. The van der Waals surface area contributed by atoms with Crippen molar-refractivity contribution in [1.29, 1.82) is 0 Å². The third kappa shape index (κ3) is 2.35. The van der Waals surface area contributed by atoms with Crippen molar-refractivity contribution >= 4 is 11.8 Å². The van der Waals surface area contributed by atoms with Crippen LogP contribution < -0.4 is 11.1 Å². The van der Waals surface area contributed by atoms with E-state index in [2.05, 4.69) is 19.2 Å². The molecule has 2 amide bonds. The number of hydrogen-bond acceptors (Lipinski definition) is 2. The van der Waals surface area contributed by atoms with Crippen LogP contribution in [0.15, 0.2) is 24.3 Å². The zero-order chi connectivity index (χ0) is 16.9. The fourth-order valence-corrected chi connectivity index (χ4v) is 4.20. The SMILES string of the molecule is Cc1ccc([C@]2(C(=O)NC3(C(N)=O)CCCC3)CC2(C)C)cc1. The summed E-state index contributed by atoms with van der Waals surface area (Å²) in [7, 11) is 0. The summed E-state index contributed by atoms with van der Waals surface area (Å²) in [4.78, 5) is 25.1. The van der Waals surface area contributed by atoms with Gasteiger partial charge in [0.05, 0.1) is 5.41 Å². The lowest BCUT2D eigenvalue weighted by atomic mass is 9.85. The number of benzene rings is 1. The largest absolute Gasteiger partial charge is 0.368 e. The van der Waals surface area contributed by atoms with E-state index in [-0.39, 0.29) is 11.3 Å². The molecular formula is C19H26N2O2. The maximum atomic E-state index is 13.2. The molecule has 0 heterocycles. The van der Waals surface area contributed by atoms with Crippen molar-refractivity contribution in [2.75, 3.05) is 0 Å². The van der Waals surface area contributed by atoms with Gasteiger partial charge in [-0.15, -0.1) is 0 Å². The molecule has 0 aliphatic heterocycles. The molecule has 4 heteroatoms. The highest BCUT2D eigenvalue weighted by Gasteiger charge is 2.67. The lowest BCUT2D eigenvalue weighted by molar-refractivity contribution is -0.133. The summed E-state index contributed by atoms with van der Waals surface area (Å²) in [5.41, 5.74) is 6.31. The molecule has 1 aromatic rings. The molecule has 3 N–H and O–H groups in total. The zero-order valence-electron chi connectivity index (χ0n) is 14.2. The van der Waals surface area contributed by atoms with Gasteiger partial charge >= 0.3 is 0 Å². The Morgan fingerprint density at radius 3 is 2.04 bits per heavy atom. The summed E-state index contributed by atoms with van der Waals surface area (Å²) < 4.78 is 0. The summed E-state index contributed by atoms with van der Waals surface area (Å²) in [5, 5.41) is 3.05. The van der Waals surface area contributed by atoms with E-state index in [0.29, 0.717) is 12.8 Å². The first-order valence-electron chi connectivity index (χ1n) is 8.43. The number of rotatable bonds is 4. The minimum absolute atomic E-state index is 0.0490. The molecule has 4 nitrogen and oxygen atoms in total. The van der Waals surface area contributed by atoms with Gasteiger partial charge < -0.3 is 11.1 Å².